The Kier molecular flexibility index (Phi) is 3.38. The molecule has 0 amide bonds. The molecule has 2 heterocycles. The van der Waals surface area contributed by atoms with Gasteiger partial charge in [-0.1, -0.05) is 21.1 Å². The molecule has 1 aromatic carbocycles. The van der Waals surface area contributed by atoms with E-state index in [0.29, 0.717) is 24.7 Å². The number of aliphatic hydroxyl groups excluding tert-OH is 1. The molecule has 100 valence electrons. The molecule has 1 saturated heterocycles. The molecule has 19 heavy (non-hydrogen) atoms. The van der Waals surface area contributed by atoms with Crippen LogP contribution in [0.15, 0.2) is 27.2 Å². The second-order valence-electron chi connectivity index (χ2n) is 4.77. The van der Waals surface area contributed by atoms with Crippen LogP contribution in [0.25, 0.3) is 11.4 Å². The van der Waals surface area contributed by atoms with Crippen LogP contribution in [0.2, 0.25) is 0 Å². The number of β-amino-alcohol motifs (C(OH)–C–C–N with tert-alkyl or cyclic N) is 1. The summed E-state index contributed by atoms with van der Waals surface area (Å²) in [6.07, 6.45) is 0.274. The summed E-state index contributed by atoms with van der Waals surface area (Å²) in [6.45, 7) is 2.58. The minimum Gasteiger partial charge on any atom is -0.392 e. The summed E-state index contributed by atoms with van der Waals surface area (Å²) < 4.78 is 6.32. The van der Waals surface area contributed by atoms with E-state index in [1.807, 2.05) is 25.1 Å². The van der Waals surface area contributed by atoms with Crippen molar-refractivity contribution < 1.29 is 9.63 Å². The Labute approximate surface area is 119 Å². The van der Waals surface area contributed by atoms with Crippen LogP contribution in [0.3, 0.4) is 0 Å². The first-order chi connectivity index (χ1) is 9.13. The van der Waals surface area contributed by atoms with Gasteiger partial charge in [0.25, 0.3) is 0 Å². The molecule has 5 nitrogen and oxygen atoms in total. The summed E-state index contributed by atoms with van der Waals surface area (Å²) in [7, 11) is 0. The second kappa shape index (κ2) is 5.03. The van der Waals surface area contributed by atoms with Crippen LogP contribution in [0.5, 0.6) is 0 Å². The molecule has 1 fully saturated rings. The third-order valence-electron chi connectivity index (χ3n) is 3.28. The first-order valence-corrected chi connectivity index (χ1v) is 6.94. The second-order valence-corrected chi connectivity index (χ2v) is 5.68. The SMILES string of the molecule is Cc1cc(Br)ccc1-c1noc([C@@H]2CC(O)CN2)n1. The fraction of sp³-hybridized carbons (Fsp3) is 0.385. The Bertz CT molecular complexity index is 599. The van der Waals surface area contributed by atoms with Crippen molar-refractivity contribution in [3.8, 4) is 11.4 Å². The van der Waals surface area contributed by atoms with Gasteiger partial charge in [0.15, 0.2) is 0 Å². The van der Waals surface area contributed by atoms with Crippen molar-refractivity contribution in [1.82, 2.24) is 15.5 Å². The van der Waals surface area contributed by atoms with E-state index >= 15 is 0 Å². The smallest absolute Gasteiger partial charge is 0.244 e. The molecule has 0 bridgehead atoms. The maximum atomic E-state index is 9.50. The van der Waals surface area contributed by atoms with Gasteiger partial charge in [-0.25, -0.2) is 0 Å². The van der Waals surface area contributed by atoms with Gasteiger partial charge in [-0.3, -0.25) is 0 Å². The quantitative estimate of drug-likeness (QED) is 0.886. The van der Waals surface area contributed by atoms with E-state index in [0.717, 1.165) is 15.6 Å². The summed E-state index contributed by atoms with van der Waals surface area (Å²) >= 11 is 3.43. The van der Waals surface area contributed by atoms with E-state index in [1.54, 1.807) is 0 Å². The molecule has 1 aromatic heterocycles. The fourth-order valence-corrected chi connectivity index (χ4v) is 2.74. The summed E-state index contributed by atoms with van der Waals surface area (Å²) in [4.78, 5) is 4.42. The average Bonchev–Trinajstić information content (AvgIpc) is 2.97. The lowest BCUT2D eigenvalue weighted by atomic mass is 10.1. The maximum Gasteiger partial charge on any atom is 0.244 e. The van der Waals surface area contributed by atoms with Gasteiger partial charge < -0.3 is 14.9 Å². The molecular weight excluding hydrogens is 310 g/mol. The molecule has 1 aliphatic heterocycles. The first-order valence-electron chi connectivity index (χ1n) is 6.15. The monoisotopic (exact) mass is 323 g/mol. The van der Waals surface area contributed by atoms with Crippen LogP contribution in [-0.4, -0.2) is 27.9 Å². The Morgan fingerprint density at radius 1 is 1.47 bits per heavy atom. The summed E-state index contributed by atoms with van der Waals surface area (Å²) in [5, 5.41) is 16.7. The molecule has 0 radical (unpaired) electrons. The molecule has 2 atom stereocenters. The summed E-state index contributed by atoms with van der Waals surface area (Å²) in [5.74, 6) is 1.12. The zero-order chi connectivity index (χ0) is 13.4. The number of rotatable bonds is 2. The number of nitrogens with one attached hydrogen (secondary N) is 1. The van der Waals surface area contributed by atoms with Crippen molar-refractivity contribution >= 4 is 15.9 Å². The van der Waals surface area contributed by atoms with Crippen molar-refractivity contribution in [2.45, 2.75) is 25.5 Å². The topological polar surface area (TPSA) is 71.2 Å². The standard InChI is InChI=1S/C13H14BrN3O2/c1-7-4-8(14)2-3-10(7)12-16-13(19-17-12)11-5-9(18)6-15-11/h2-4,9,11,15,18H,5-6H2,1H3/t9?,11-/m0/s1. The van der Waals surface area contributed by atoms with Crippen LogP contribution >= 0.6 is 15.9 Å². The molecule has 2 N–H and O–H groups in total. The van der Waals surface area contributed by atoms with Crippen molar-refractivity contribution in [3.05, 3.63) is 34.1 Å². The highest BCUT2D eigenvalue weighted by Crippen LogP contribution is 2.27. The van der Waals surface area contributed by atoms with E-state index in [1.165, 1.54) is 0 Å². The molecule has 6 heteroatoms. The van der Waals surface area contributed by atoms with E-state index in [2.05, 4.69) is 31.4 Å². The lowest BCUT2D eigenvalue weighted by molar-refractivity contribution is 0.191. The van der Waals surface area contributed by atoms with Crippen molar-refractivity contribution in [3.63, 3.8) is 0 Å². The van der Waals surface area contributed by atoms with Gasteiger partial charge in [-0.2, -0.15) is 4.98 Å². The van der Waals surface area contributed by atoms with E-state index in [9.17, 15) is 5.11 Å². The van der Waals surface area contributed by atoms with Crippen molar-refractivity contribution in [2.75, 3.05) is 6.54 Å². The number of halogens is 1. The lowest BCUT2D eigenvalue weighted by Gasteiger charge is -2.02. The Morgan fingerprint density at radius 2 is 2.32 bits per heavy atom. The van der Waals surface area contributed by atoms with Gasteiger partial charge in [0.2, 0.25) is 11.7 Å². The van der Waals surface area contributed by atoms with Gasteiger partial charge >= 0.3 is 0 Å². The number of benzene rings is 1. The van der Waals surface area contributed by atoms with Crippen LogP contribution in [0, 0.1) is 6.92 Å². The van der Waals surface area contributed by atoms with Gasteiger partial charge in [0.1, 0.15) is 0 Å². The van der Waals surface area contributed by atoms with Crippen LogP contribution in [0.1, 0.15) is 23.9 Å². The van der Waals surface area contributed by atoms with E-state index in [4.69, 9.17) is 4.52 Å². The van der Waals surface area contributed by atoms with Gasteiger partial charge in [0, 0.05) is 16.6 Å². The molecule has 2 aromatic rings. The number of aryl methyl sites for hydroxylation is 1. The van der Waals surface area contributed by atoms with E-state index in [-0.39, 0.29) is 12.1 Å². The molecule has 0 saturated carbocycles. The predicted octanol–water partition coefficient (Wildman–Crippen LogP) is 2.20. The Hall–Kier alpha value is -1.24. The van der Waals surface area contributed by atoms with Gasteiger partial charge in [0.05, 0.1) is 12.1 Å². The highest BCUT2D eigenvalue weighted by Gasteiger charge is 2.28. The predicted molar refractivity (Wildman–Crippen MR) is 73.5 cm³/mol. The number of aromatic nitrogens is 2. The minimum atomic E-state index is -0.338. The molecule has 1 aliphatic rings. The Balaban J connectivity index is 1.88. The highest BCUT2D eigenvalue weighted by molar-refractivity contribution is 9.10. The third-order valence-corrected chi connectivity index (χ3v) is 3.77. The number of hydrogen-bond acceptors (Lipinski definition) is 5. The summed E-state index contributed by atoms with van der Waals surface area (Å²) in [5.41, 5.74) is 2.04. The van der Waals surface area contributed by atoms with Crippen molar-refractivity contribution in [2.24, 2.45) is 0 Å². The fourth-order valence-electron chi connectivity index (χ4n) is 2.27. The lowest BCUT2D eigenvalue weighted by Crippen LogP contribution is -2.15. The molecule has 3 rings (SSSR count). The first kappa shape index (κ1) is 12.8. The highest BCUT2D eigenvalue weighted by atomic mass is 79.9. The van der Waals surface area contributed by atoms with Crippen LogP contribution in [-0.2, 0) is 0 Å². The van der Waals surface area contributed by atoms with Crippen molar-refractivity contribution in [1.29, 1.82) is 0 Å². The molecular formula is C13H14BrN3O2. The zero-order valence-electron chi connectivity index (χ0n) is 10.4. The van der Waals surface area contributed by atoms with Crippen LogP contribution < -0.4 is 5.32 Å². The number of nitrogens with zero attached hydrogens (tertiary/aromatic N) is 2. The van der Waals surface area contributed by atoms with Gasteiger partial charge in [-0.15, -0.1) is 0 Å². The third kappa shape index (κ3) is 2.56. The zero-order valence-corrected chi connectivity index (χ0v) is 12.0. The average molecular weight is 324 g/mol. The molecule has 0 spiro atoms. The molecule has 1 unspecified atom stereocenters. The summed E-state index contributed by atoms with van der Waals surface area (Å²) in [6, 6.07) is 5.89. The van der Waals surface area contributed by atoms with E-state index < -0.39 is 0 Å². The largest absolute Gasteiger partial charge is 0.392 e. The Morgan fingerprint density at radius 3 is 3.00 bits per heavy atom. The normalized spacial score (nSPS) is 22.9. The minimum absolute atomic E-state index is 0.0491. The number of aliphatic hydroxyl groups is 1. The van der Waals surface area contributed by atoms with Crippen LogP contribution in [0.4, 0.5) is 0 Å². The maximum absolute atomic E-state index is 9.50. The number of hydrogen-bond donors (Lipinski definition) is 2. The van der Waals surface area contributed by atoms with Gasteiger partial charge in [-0.05, 0) is 37.1 Å². The molecule has 0 aliphatic carbocycles.